The van der Waals surface area contributed by atoms with Gasteiger partial charge in [-0.05, 0) is 135 Å². The molecule has 4 N–H and O–H groups in total. The number of nitrogens with one attached hydrogen (secondary N) is 1. The summed E-state index contributed by atoms with van der Waals surface area (Å²) < 4.78 is 89.4. The number of carboxylic acid groups (broad SMARTS) is 1. The fraction of sp³-hybridized carbons (Fsp3) is 0.393. The zero-order valence-corrected chi connectivity index (χ0v) is 48.2. The third-order valence-corrected chi connectivity index (χ3v) is 17.3. The number of halogens is 1. The summed E-state index contributed by atoms with van der Waals surface area (Å²) in [4.78, 5) is 39.7. The highest BCUT2D eigenvalue weighted by Crippen LogP contribution is 2.34. The van der Waals surface area contributed by atoms with Gasteiger partial charge in [-0.25, -0.2) is 31.6 Å². The minimum absolute atomic E-state index is 0. The Morgan fingerprint density at radius 1 is 0.625 bits per heavy atom. The van der Waals surface area contributed by atoms with Crippen molar-refractivity contribution >= 4 is 44.3 Å². The second-order valence-corrected chi connectivity index (χ2v) is 22.4. The number of aliphatic carboxylic acids is 1. The lowest BCUT2D eigenvalue weighted by molar-refractivity contribution is -0.142. The number of piperidine rings is 2. The van der Waals surface area contributed by atoms with Gasteiger partial charge in [-0.1, -0.05) is 37.1 Å². The van der Waals surface area contributed by atoms with Crippen LogP contribution in [0.3, 0.4) is 0 Å². The van der Waals surface area contributed by atoms with Crippen molar-refractivity contribution in [3.63, 3.8) is 0 Å². The highest BCUT2D eigenvalue weighted by atomic mass is 35.5. The molecule has 4 aromatic carbocycles. The molecule has 0 saturated carbocycles. The second kappa shape index (κ2) is 31.2. The summed E-state index contributed by atoms with van der Waals surface area (Å²) in [5.74, 6) is 2.05. The standard InChI is InChI=1S/C28H34N4O6S.C17H25NO6S.C11H11N3O.ClH/c1-20-13-25(36-3)14-21(2)28(20)39(34,35)32-12-5-4-8-23(32)18-37-19-26(33)31-16-22-7-6-9-24(15-22)38-27-17-29-10-11-30-27;1-12-8-15(23-3)9-13(2)17(12)25(21,22)18-7-5-4-6-14(18)10-24-11-16(19)20;12-7-9-2-1-3-10(6-9)15-11-8-13-4-5-14-11;/h6-7,9-11,13-15,17,23H,4-5,8,12,16,18-19H2,1-3H3,(H,31,33);8-9,14H,4-7,10-11H2,1-3H3,(H,19,20);1-6,8H,7,12H2;1H. The molecule has 2 aliphatic heterocycles. The first kappa shape index (κ1) is 64.0. The van der Waals surface area contributed by atoms with Crippen LogP contribution in [0.5, 0.6) is 34.8 Å². The Kier molecular flexibility index (Phi) is 25.0. The summed E-state index contributed by atoms with van der Waals surface area (Å²) in [6.07, 6.45) is 14.1. The van der Waals surface area contributed by atoms with E-state index in [-0.39, 0.29) is 50.2 Å². The number of rotatable bonds is 21. The number of benzene rings is 4. The van der Waals surface area contributed by atoms with Crippen molar-refractivity contribution in [1.29, 1.82) is 0 Å². The van der Waals surface area contributed by atoms with Gasteiger partial charge in [-0.3, -0.25) is 14.8 Å². The van der Waals surface area contributed by atoms with Crippen LogP contribution in [0.25, 0.3) is 0 Å². The molecular formula is C56H71ClN8O13S2. The lowest BCUT2D eigenvalue weighted by Gasteiger charge is -2.35. The van der Waals surface area contributed by atoms with Crippen molar-refractivity contribution in [2.75, 3.05) is 53.7 Å². The Morgan fingerprint density at radius 3 is 1.48 bits per heavy atom. The molecule has 0 spiro atoms. The van der Waals surface area contributed by atoms with E-state index in [0.29, 0.717) is 100 Å². The summed E-state index contributed by atoms with van der Waals surface area (Å²) in [5, 5.41) is 11.5. The second-order valence-electron chi connectivity index (χ2n) is 18.7. The number of carboxylic acids is 1. The van der Waals surface area contributed by atoms with Crippen LogP contribution in [0.4, 0.5) is 0 Å². The first-order chi connectivity index (χ1) is 37.9. The average molecular weight is 1160 g/mol. The molecule has 0 bridgehead atoms. The molecule has 2 atom stereocenters. The average Bonchev–Trinajstić information content (AvgIpc) is 3.55. The van der Waals surface area contributed by atoms with Crippen molar-refractivity contribution in [2.24, 2.45) is 5.73 Å². The number of hydrogen-bond acceptors (Lipinski definition) is 17. The molecule has 21 nitrogen and oxygen atoms in total. The summed E-state index contributed by atoms with van der Waals surface area (Å²) in [7, 11) is -4.34. The third-order valence-electron chi connectivity index (χ3n) is 12.7. The van der Waals surface area contributed by atoms with Crippen molar-refractivity contribution < 1.29 is 60.0 Å². The predicted molar refractivity (Wildman–Crippen MR) is 301 cm³/mol. The number of carbonyl (C=O) groups is 2. The van der Waals surface area contributed by atoms with Gasteiger partial charge < -0.3 is 44.6 Å². The van der Waals surface area contributed by atoms with E-state index < -0.39 is 32.6 Å². The van der Waals surface area contributed by atoms with Gasteiger partial charge >= 0.3 is 5.97 Å². The predicted octanol–water partition coefficient (Wildman–Crippen LogP) is 7.88. The minimum Gasteiger partial charge on any atom is -0.497 e. The van der Waals surface area contributed by atoms with Gasteiger partial charge in [0.05, 0.1) is 49.6 Å². The molecule has 2 aromatic heterocycles. The lowest BCUT2D eigenvalue weighted by Crippen LogP contribution is -2.46. The number of aromatic nitrogens is 4. The summed E-state index contributed by atoms with van der Waals surface area (Å²) >= 11 is 0. The van der Waals surface area contributed by atoms with E-state index in [4.69, 9.17) is 39.3 Å². The quantitative estimate of drug-likeness (QED) is 0.0618. The number of nitrogens with two attached hydrogens (primary N) is 1. The third kappa shape index (κ3) is 18.4. The monoisotopic (exact) mass is 1160 g/mol. The van der Waals surface area contributed by atoms with Gasteiger partial charge in [0, 0.05) is 63.1 Å². The van der Waals surface area contributed by atoms with Crippen LogP contribution < -0.4 is 30.0 Å². The molecule has 0 radical (unpaired) electrons. The van der Waals surface area contributed by atoms with E-state index in [9.17, 15) is 26.4 Å². The molecular weight excluding hydrogens is 1090 g/mol. The van der Waals surface area contributed by atoms with Gasteiger partial charge in [0.1, 0.15) is 36.2 Å². The van der Waals surface area contributed by atoms with Gasteiger partial charge in [0.15, 0.2) is 0 Å². The maximum Gasteiger partial charge on any atom is 0.329 e. The fourth-order valence-electron chi connectivity index (χ4n) is 9.21. The lowest BCUT2D eigenvalue weighted by atomic mass is 10.1. The molecule has 4 heterocycles. The zero-order valence-electron chi connectivity index (χ0n) is 45.8. The maximum atomic E-state index is 13.7. The molecule has 6 aromatic rings. The number of hydrogen-bond donors (Lipinski definition) is 3. The van der Waals surface area contributed by atoms with Gasteiger partial charge in [-0.2, -0.15) is 8.61 Å². The normalized spacial score (nSPS) is 15.6. The van der Waals surface area contributed by atoms with Crippen LogP contribution in [0.15, 0.2) is 120 Å². The molecule has 24 heteroatoms. The van der Waals surface area contributed by atoms with Crippen LogP contribution in [0, 0.1) is 27.7 Å². The molecule has 2 saturated heterocycles. The summed E-state index contributed by atoms with van der Waals surface area (Å²) in [6.45, 7) is 8.31. The largest absolute Gasteiger partial charge is 0.497 e. The molecule has 0 aliphatic carbocycles. The SMILES string of the molecule is COc1cc(C)c(S(=O)(=O)N2CCCCC2COCC(=O)NCc2cccc(Oc3cnccn3)c2)c(C)c1.COc1cc(C)c(S(=O)(=O)N2CCCCC2COCC(=O)O)c(C)c1.Cl.NCc1cccc(Oc2cnccn2)c1. The molecule has 80 heavy (non-hydrogen) atoms. The molecule has 2 fully saturated rings. The van der Waals surface area contributed by atoms with Gasteiger partial charge in [0.2, 0.25) is 37.7 Å². The van der Waals surface area contributed by atoms with E-state index in [2.05, 4.69) is 25.3 Å². The number of carbonyl (C=O) groups excluding carboxylic acids is 1. The van der Waals surface area contributed by atoms with Crippen molar-refractivity contribution in [1.82, 2.24) is 33.9 Å². The minimum atomic E-state index is -3.74. The highest BCUT2D eigenvalue weighted by molar-refractivity contribution is 7.89. The first-order valence-corrected chi connectivity index (χ1v) is 28.5. The van der Waals surface area contributed by atoms with Gasteiger partial charge in [0.25, 0.3) is 0 Å². The van der Waals surface area contributed by atoms with E-state index >= 15 is 0 Å². The van der Waals surface area contributed by atoms with Crippen molar-refractivity contribution in [3.8, 4) is 34.8 Å². The van der Waals surface area contributed by atoms with Crippen molar-refractivity contribution in [3.05, 3.63) is 143 Å². The van der Waals surface area contributed by atoms with E-state index in [0.717, 1.165) is 42.6 Å². The molecule has 2 aliphatic rings. The van der Waals surface area contributed by atoms with E-state index in [1.54, 1.807) is 103 Å². The van der Waals surface area contributed by atoms with Crippen LogP contribution in [0.2, 0.25) is 0 Å². The van der Waals surface area contributed by atoms with Crippen LogP contribution in [-0.4, -0.2) is 128 Å². The Balaban J connectivity index is 0.000000244. The Bertz CT molecular complexity index is 3140. The smallest absolute Gasteiger partial charge is 0.329 e. The molecule has 8 rings (SSSR count). The fourth-order valence-corrected chi connectivity index (χ4v) is 13.4. The zero-order chi connectivity index (χ0) is 57.0. The summed E-state index contributed by atoms with van der Waals surface area (Å²) in [6, 6.07) is 21.1. The van der Waals surface area contributed by atoms with E-state index in [1.807, 2.05) is 42.5 Å². The van der Waals surface area contributed by atoms with Gasteiger partial charge in [-0.15, -0.1) is 12.4 Å². The number of aryl methyl sites for hydroxylation is 4. The summed E-state index contributed by atoms with van der Waals surface area (Å²) in [5.41, 5.74) is 9.95. The topological polar surface area (TPSA) is 274 Å². The maximum absolute atomic E-state index is 13.7. The van der Waals surface area contributed by atoms with Crippen LogP contribution in [0.1, 0.15) is 71.9 Å². The van der Waals surface area contributed by atoms with E-state index in [1.165, 1.54) is 14.8 Å². The Labute approximate surface area is 474 Å². The van der Waals surface area contributed by atoms with Crippen molar-refractivity contribution in [2.45, 2.75) is 101 Å². The number of nitrogens with zero attached hydrogens (tertiary/aromatic N) is 6. The number of ether oxygens (including phenoxy) is 6. The molecule has 432 valence electrons. The molecule has 1 amide bonds. The van der Waals surface area contributed by atoms with Crippen LogP contribution >= 0.6 is 12.4 Å². The van der Waals surface area contributed by atoms with Crippen LogP contribution in [-0.2, 0) is 52.2 Å². The highest BCUT2D eigenvalue weighted by Gasteiger charge is 2.37. The molecule has 2 unspecified atom stereocenters. The Hall–Kier alpha value is -6.83. The number of methoxy groups -OCH3 is 2. The first-order valence-electron chi connectivity index (χ1n) is 25.7. The number of amides is 1. The Morgan fingerprint density at radius 2 is 1.06 bits per heavy atom. The number of sulfonamides is 2.